The molecule has 0 spiro atoms. The second-order valence-corrected chi connectivity index (χ2v) is 7.20. The number of sulfone groups is 1. The van der Waals surface area contributed by atoms with Crippen LogP contribution in [0, 0.1) is 0 Å². The van der Waals surface area contributed by atoms with Crippen LogP contribution < -0.4 is 4.74 Å². The molecule has 3 aromatic rings. The fourth-order valence-corrected chi connectivity index (χ4v) is 2.54. The van der Waals surface area contributed by atoms with Gasteiger partial charge in [-0.25, -0.2) is 13.4 Å². The van der Waals surface area contributed by atoms with Gasteiger partial charge in [0.2, 0.25) is 5.88 Å². The number of hydrogen-bond acceptors (Lipinski definition) is 6. The van der Waals surface area contributed by atoms with Crippen LogP contribution >= 0.6 is 0 Å². The van der Waals surface area contributed by atoms with E-state index in [0.717, 1.165) is 23.2 Å². The number of hydrogen-bond donors (Lipinski definition) is 0. The Balaban J connectivity index is 2.06. The van der Waals surface area contributed by atoms with Gasteiger partial charge in [0.1, 0.15) is 5.75 Å². The third kappa shape index (κ3) is 3.82. The normalized spacial score (nSPS) is 12.2. The highest BCUT2D eigenvalue weighted by molar-refractivity contribution is 7.90. The summed E-state index contributed by atoms with van der Waals surface area (Å²) in [6.45, 7) is 0. The van der Waals surface area contributed by atoms with Gasteiger partial charge in [0.15, 0.2) is 21.3 Å². The zero-order chi connectivity index (χ0) is 18.9. The van der Waals surface area contributed by atoms with Crippen molar-refractivity contribution in [3.8, 4) is 17.4 Å². The second kappa shape index (κ2) is 6.41. The Hall–Kier alpha value is -2.95. The first kappa shape index (κ1) is 17.9. The van der Waals surface area contributed by atoms with Crippen molar-refractivity contribution in [3.63, 3.8) is 0 Å². The molecular formula is C15H11F3N4O3S. The topological polar surface area (TPSA) is 87.0 Å². The number of halogens is 3. The molecule has 0 amide bonds. The molecule has 26 heavy (non-hydrogen) atoms. The number of rotatable bonds is 4. The predicted octanol–water partition coefficient (Wildman–Crippen LogP) is 2.88. The zero-order valence-corrected chi connectivity index (χ0v) is 14.0. The largest absolute Gasteiger partial charge is 0.439 e. The summed E-state index contributed by atoms with van der Waals surface area (Å²) in [5, 5.41) is 3.48. The lowest BCUT2D eigenvalue weighted by molar-refractivity contribution is -0.141. The van der Waals surface area contributed by atoms with Crippen LogP contribution in [0.2, 0.25) is 0 Å². The molecule has 0 bridgehead atoms. The lowest BCUT2D eigenvalue weighted by atomic mass is 10.4. The van der Waals surface area contributed by atoms with Gasteiger partial charge in [0.25, 0.3) is 0 Å². The molecule has 7 nitrogen and oxygen atoms in total. The SMILES string of the molecule is CS(=O)(=O)c1ccc(-n2nc(C(F)(F)F)cc2Oc2ccncc2)nc1. The van der Waals surface area contributed by atoms with Gasteiger partial charge in [-0.1, -0.05) is 0 Å². The van der Waals surface area contributed by atoms with Gasteiger partial charge >= 0.3 is 6.18 Å². The van der Waals surface area contributed by atoms with Crippen LogP contribution in [-0.2, 0) is 16.0 Å². The summed E-state index contributed by atoms with van der Waals surface area (Å²) in [5.74, 6) is -0.0114. The lowest BCUT2D eigenvalue weighted by Gasteiger charge is -2.08. The van der Waals surface area contributed by atoms with Crippen LogP contribution in [0.3, 0.4) is 0 Å². The van der Waals surface area contributed by atoms with E-state index in [1.807, 2.05) is 0 Å². The van der Waals surface area contributed by atoms with E-state index < -0.39 is 21.7 Å². The maximum absolute atomic E-state index is 13.0. The molecule has 3 heterocycles. The van der Waals surface area contributed by atoms with Crippen molar-refractivity contribution < 1.29 is 26.3 Å². The van der Waals surface area contributed by atoms with Gasteiger partial charge in [-0.3, -0.25) is 4.98 Å². The number of pyridine rings is 2. The van der Waals surface area contributed by atoms with Gasteiger partial charge < -0.3 is 4.74 Å². The number of alkyl halides is 3. The van der Waals surface area contributed by atoms with Gasteiger partial charge in [0.05, 0.1) is 4.90 Å². The molecule has 0 atom stereocenters. The summed E-state index contributed by atoms with van der Waals surface area (Å²) in [6, 6.07) is 6.12. The zero-order valence-electron chi connectivity index (χ0n) is 13.2. The van der Waals surface area contributed by atoms with Gasteiger partial charge in [-0.15, -0.1) is 0 Å². The van der Waals surface area contributed by atoms with E-state index in [9.17, 15) is 21.6 Å². The van der Waals surface area contributed by atoms with Crippen LogP contribution in [0.1, 0.15) is 5.69 Å². The monoisotopic (exact) mass is 384 g/mol. The van der Waals surface area contributed by atoms with Crippen LogP contribution in [-0.4, -0.2) is 34.4 Å². The smallest absolute Gasteiger partial charge is 0.435 e. The van der Waals surface area contributed by atoms with Crippen molar-refractivity contribution >= 4 is 9.84 Å². The van der Waals surface area contributed by atoms with Crippen molar-refractivity contribution in [2.24, 2.45) is 0 Å². The first-order valence-corrected chi connectivity index (χ1v) is 8.95. The summed E-state index contributed by atoms with van der Waals surface area (Å²) >= 11 is 0. The molecule has 0 fully saturated rings. The Morgan fingerprint density at radius 3 is 2.35 bits per heavy atom. The Kier molecular flexibility index (Phi) is 4.40. The molecule has 0 unspecified atom stereocenters. The average Bonchev–Trinajstić information content (AvgIpc) is 2.99. The number of aromatic nitrogens is 4. The molecule has 0 aromatic carbocycles. The van der Waals surface area contributed by atoms with Crippen LogP contribution in [0.25, 0.3) is 5.82 Å². The Morgan fingerprint density at radius 2 is 1.81 bits per heavy atom. The standard InChI is InChI=1S/C15H11F3N4O3S/c1-26(23,24)11-2-3-13(20-9-11)22-14(8-12(21-22)15(16,17)18)25-10-4-6-19-7-5-10/h2-9H,1H3. The molecule has 136 valence electrons. The molecule has 0 saturated heterocycles. The van der Waals surface area contributed by atoms with E-state index in [0.29, 0.717) is 0 Å². The minimum absolute atomic E-state index is 0.0306. The number of ether oxygens (including phenoxy) is 1. The van der Waals surface area contributed by atoms with Crippen molar-refractivity contribution in [2.75, 3.05) is 6.26 Å². The molecule has 3 rings (SSSR count). The summed E-state index contributed by atoms with van der Waals surface area (Å²) < 4.78 is 68.3. The summed E-state index contributed by atoms with van der Waals surface area (Å²) in [6.07, 6.45) is 0.182. The molecule has 0 aliphatic heterocycles. The average molecular weight is 384 g/mol. The highest BCUT2D eigenvalue weighted by Gasteiger charge is 2.36. The fraction of sp³-hybridized carbons (Fsp3) is 0.133. The second-order valence-electron chi connectivity index (χ2n) is 5.19. The number of nitrogens with zero attached hydrogens (tertiary/aromatic N) is 4. The van der Waals surface area contributed by atoms with E-state index in [2.05, 4.69) is 15.1 Å². The summed E-state index contributed by atoms with van der Waals surface area (Å²) in [7, 11) is -3.49. The van der Waals surface area contributed by atoms with E-state index in [-0.39, 0.29) is 22.3 Å². The Morgan fingerprint density at radius 1 is 1.12 bits per heavy atom. The van der Waals surface area contributed by atoms with Gasteiger partial charge in [0, 0.05) is 30.9 Å². The van der Waals surface area contributed by atoms with E-state index in [1.54, 1.807) is 0 Å². The molecule has 3 aromatic heterocycles. The first-order valence-electron chi connectivity index (χ1n) is 7.06. The first-order chi connectivity index (χ1) is 12.1. The molecule has 0 aliphatic carbocycles. The Bertz CT molecular complexity index is 1020. The summed E-state index contributed by atoms with van der Waals surface area (Å²) in [4.78, 5) is 7.60. The van der Waals surface area contributed by atoms with E-state index in [4.69, 9.17) is 4.74 Å². The highest BCUT2D eigenvalue weighted by atomic mass is 32.2. The third-order valence-electron chi connectivity index (χ3n) is 3.21. The van der Waals surface area contributed by atoms with Crippen molar-refractivity contribution in [3.05, 3.63) is 54.6 Å². The lowest BCUT2D eigenvalue weighted by Crippen LogP contribution is -2.08. The molecule has 0 N–H and O–H groups in total. The molecule has 0 radical (unpaired) electrons. The van der Waals surface area contributed by atoms with Gasteiger partial charge in [-0.05, 0) is 24.3 Å². The van der Waals surface area contributed by atoms with Crippen molar-refractivity contribution in [1.82, 2.24) is 19.7 Å². The van der Waals surface area contributed by atoms with E-state index in [1.165, 1.54) is 36.7 Å². The van der Waals surface area contributed by atoms with Crippen LogP contribution in [0.5, 0.6) is 11.6 Å². The fourth-order valence-electron chi connectivity index (χ4n) is 1.98. The Labute approximate surface area is 146 Å². The predicted molar refractivity (Wildman–Crippen MR) is 83.8 cm³/mol. The highest BCUT2D eigenvalue weighted by Crippen LogP contribution is 2.33. The molecule has 0 saturated carbocycles. The minimum Gasteiger partial charge on any atom is -0.439 e. The van der Waals surface area contributed by atoms with Gasteiger partial charge in [-0.2, -0.15) is 23.0 Å². The maximum atomic E-state index is 13.0. The third-order valence-corrected chi connectivity index (χ3v) is 4.30. The maximum Gasteiger partial charge on any atom is 0.435 e. The quantitative estimate of drug-likeness (QED) is 0.687. The van der Waals surface area contributed by atoms with E-state index >= 15 is 0 Å². The molecular weight excluding hydrogens is 373 g/mol. The minimum atomic E-state index is -4.69. The molecule has 0 aliphatic rings. The van der Waals surface area contributed by atoms with Crippen LogP contribution in [0.15, 0.2) is 53.8 Å². The summed E-state index contributed by atoms with van der Waals surface area (Å²) in [5.41, 5.74) is -1.17. The van der Waals surface area contributed by atoms with Crippen LogP contribution in [0.4, 0.5) is 13.2 Å². The molecule has 11 heteroatoms. The van der Waals surface area contributed by atoms with Crippen molar-refractivity contribution in [2.45, 2.75) is 11.1 Å². The van der Waals surface area contributed by atoms with Crippen molar-refractivity contribution in [1.29, 1.82) is 0 Å².